The second-order valence-electron chi connectivity index (χ2n) is 15.0. The summed E-state index contributed by atoms with van der Waals surface area (Å²) in [7, 11) is 0. The quantitative estimate of drug-likeness (QED) is 0.125. The molecule has 0 fully saturated rings. The molecule has 0 radical (unpaired) electrons. The molecule has 10 aromatic rings. The first-order chi connectivity index (χ1) is 28.7. The molecule has 1 aromatic heterocycles. The number of aromatic nitrogens is 1. The predicted octanol–water partition coefficient (Wildman–Crippen LogP) is 14.7. The van der Waals surface area contributed by atoms with Gasteiger partial charge in [-0.05, 0) is 114 Å². The zero-order chi connectivity index (χ0) is 38.6. The standard InChI is InChI=1S/C55H37N3/c1-56-54-48-19-9-10-20-50(48)57-53(55(54)58-31-11-2-12-32-58)39-25-21-38(22-26-39)42-29-30-47-49(35-42)52(44-28-24-37-14-4-6-16-41(37)34-44)46-18-8-7-17-45(46)51(47)43-27-23-36-13-3-5-15-40(36)33-43/h2-31,33-35H,1,32H2. The number of rotatable bonds is 6. The van der Waals surface area contributed by atoms with Crippen LogP contribution in [0.2, 0.25) is 0 Å². The summed E-state index contributed by atoms with van der Waals surface area (Å²) < 4.78 is 0. The van der Waals surface area contributed by atoms with Gasteiger partial charge in [-0.25, -0.2) is 4.98 Å². The van der Waals surface area contributed by atoms with Crippen molar-refractivity contribution in [2.75, 3.05) is 11.4 Å². The monoisotopic (exact) mass is 739 g/mol. The van der Waals surface area contributed by atoms with E-state index in [1.165, 1.54) is 65.3 Å². The molecule has 0 saturated carbocycles. The Morgan fingerprint density at radius 1 is 0.448 bits per heavy atom. The Kier molecular flexibility index (Phi) is 8.04. The summed E-state index contributed by atoms with van der Waals surface area (Å²) in [6.07, 6.45) is 8.37. The fourth-order valence-corrected chi connectivity index (χ4v) is 8.94. The normalized spacial score (nSPS) is 12.7. The van der Waals surface area contributed by atoms with Gasteiger partial charge >= 0.3 is 0 Å². The van der Waals surface area contributed by atoms with E-state index in [2.05, 4.69) is 205 Å². The fraction of sp³-hybridized carbons (Fsp3) is 0.0182. The third kappa shape index (κ3) is 5.59. The van der Waals surface area contributed by atoms with Crippen LogP contribution in [-0.2, 0) is 0 Å². The molecule has 11 rings (SSSR count). The van der Waals surface area contributed by atoms with Gasteiger partial charge in [-0.1, -0.05) is 164 Å². The highest BCUT2D eigenvalue weighted by Crippen LogP contribution is 2.47. The van der Waals surface area contributed by atoms with Crippen molar-refractivity contribution >= 4 is 72.1 Å². The molecular formula is C55H37N3. The van der Waals surface area contributed by atoms with E-state index >= 15 is 0 Å². The van der Waals surface area contributed by atoms with Crippen LogP contribution in [0.1, 0.15) is 0 Å². The van der Waals surface area contributed by atoms with E-state index in [1.807, 2.05) is 12.1 Å². The van der Waals surface area contributed by atoms with Crippen molar-refractivity contribution in [2.24, 2.45) is 4.99 Å². The first-order valence-electron chi connectivity index (χ1n) is 19.8. The zero-order valence-corrected chi connectivity index (χ0v) is 31.8. The van der Waals surface area contributed by atoms with Crippen molar-refractivity contribution in [2.45, 2.75) is 0 Å². The highest BCUT2D eigenvalue weighted by molar-refractivity contribution is 6.22. The third-order valence-corrected chi connectivity index (χ3v) is 11.7. The molecule has 3 heteroatoms. The maximum absolute atomic E-state index is 5.24. The van der Waals surface area contributed by atoms with Gasteiger partial charge < -0.3 is 4.90 Å². The Bertz CT molecular complexity index is 3340. The lowest BCUT2D eigenvalue weighted by atomic mass is 9.84. The average Bonchev–Trinajstić information content (AvgIpc) is 3.30. The maximum atomic E-state index is 5.24. The second kappa shape index (κ2) is 13.8. The summed E-state index contributed by atoms with van der Waals surface area (Å²) in [6.45, 7) is 4.74. The Morgan fingerprint density at radius 2 is 0.983 bits per heavy atom. The van der Waals surface area contributed by atoms with Crippen molar-refractivity contribution in [1.29, 1.82) is 0 Å². The molecule has 0 unspecified atom stereocenters. The van der Waals surface area contributed by atoms with Crippen molar-refractivity contribution in [1.82, 2.24) is 4.98 Å². The van der Waals surface area contributed by atoms with Gasteiger partial charge in [0.15, 0.2) is 0 Å². The number of aliphatic imine (C=N–C) groups is 1. The largest absolute Gasteiger partial charge is 0.341 e. The molecule has 0 N–H and O–H groups in total. The highest BCUT2D eigenvalue weighted by atomic mass is 15.1. The number of benzene rings is 9. The van der Waals surface area contributed by atoms with Gasteiger partial charge in [0.25, 0.3) is 0 Å². The number of pyridine rings is 1. The Labute approximate surface area is 337 Å². The molecule has 1 aliphatic heterocycles. The summed E-state index contributed by atoms with van der Waals surface area (Å²) in [5.41, 5.74) is 11.8. The predicted molar refractivity (Wildman–Crippen MR) is 248 cm³/mol. The van der Waals surface area contributed by atoms with Gasteiger partial charge in [-0.3, -0.25) is 4.99 Å². The van der Waals surface area contributed by atoms with E-state index < -0.39 is 0 Å². The first kappa shape index (κ1) is 33.7. The molecule has 0 atom stereocenters. The number of hydrogen-bond acceptors (Lipinski definition) is 3. The van der Waals surface area contributed by atoms with Crippen molar-refractivity contribution in [3.05, 3.63) is 200 Å². The second-order valence-corrected chi connectivity index (χ2v) is 15.0. The van der Waals surface area contributed by atoms with Gasteiger partial charge in [-0.15, -0.1) is 0 Å². The number of nitrogens with zero attached hydrogens (tertiary/aromatic N) is 3. The summed E-state index contributed by atoms with van der Waals surface area (Å²) in [5, 5.41) is 10.9. The minimum atomic E-state index is 0.733. The van der Waals surface area contributed by atoms with Crippen molar-refractivity contribution in [3.8, 4) is 44.6 Å². The summed E-state index contributed by atoms with van der Waals surface area (Å²) in [5.74, 6) is 0. The van der Waals surface area contributed by atoms with Crippen LogP contribution in [0, 0.1) is 0 Å². The first-order valence-corrected chi connectivity index (χ1v) is 19.8. The van der Waals surface area contributed by atoms with Crippen LogP contribution in [-0.4, -0.2) is 18.2 Å². The highest BCUT2D eigenvalue weighted by Gasteiger charge is 2.22. The van der Waals surface area contributed by atoms with Gasteiger partial charge in [0, 0.05) is 23.7 Å². The Hall–Kier alpha value is -7.62. The molecule has 9 aromatic carbocycles. The van der Waals surface area contributed by atoms with Crippen LogP contribution in [0.3, 0.4) is 0 Å². The SMILES string of the molecule is C=Nc1c(N2C=CC=CC2)c(-c2ccc(-c3ccc4c(-c5ccc6ccccc6c5)c5ccccc5c(-c5ccc6ccccc6c5)c4c3)cc2)nc2ccccc12. The molecular weight excluding hydrogens is 703 g/mol. The lowest BCUT2D eigenvalue weighted by Crippen LogP contribution is -2.19. The molecule has 58 heavy (non-hydrogen) atoms. The number of para-hydroxylation sites is 1. The summed E-state index contributed by atoms with van der Waals surface area (Å²) >= 11 is 0. The van der Waals surface area contributed by atoms with Gasteiger partial charge in [0.2, 0.25) is 0 Å². The number of hydrogen-bond donors (Lipinski definition) is 0. The minimum absolute atomic E-state index is 0.733. The smallest absolute Gasteiger partial charge is 0.0975 e. The van der Waals surface area contributed by atoms with E-state index in [-0.39, 0.29) is 0 Å². The van der Waals surface area contributed by atoms with Crippen LogP contribution in [0.4, 0.5) is 11.4 Å². The van der Waals surface area contributed by atoms with Crippen LogP contribution in [0.5, 0.6) is 0 Å². The summed E-state index contributed by atoms with van der Waals surface area (Å²) in [6, 6.07) is 64.0. The van der Waals surface area contributed by atoms with E-state index in [0.717, 1.165) is 51.2 Å². The van der Waals surface area contributed by atoms with E-state index in [1.54, 1.807) is 0 Å². The van der Waals surface area contributed by atoms with E-state index in [9.17, 15) is 0 Å². The maximum Gasteiger partial charge on any atom is 0.0975 e. The van der Waals surface area contributed by atoms with Crippen molar-refractivity contribution < 1.29 is 0 Å². The van der Waals surface area contributed by atoms with E-state index in [4.69, 9.17) is 4.98 Å². The molecule has 0 saturated heterocycles. The van der Waals surface area contributed by atoms with Crippen molar-refractivity contribution in [3.63, 3.8) is 0 Å². The third-order valence-electron chi connectivity index (χ3n) is 11.7. The van der Waals surface area contributed by atoms with Gasteiger partial charge in [-0.2, -0.15) is 0 Å². The number of fused-ring (bicyclic) bond motifs is 5. The molecule has 3 nitrogen and oxygen atoms in total. The molecule has 272 valence electrons. The molecule has 0 spiro atoms. The lowest BCUT2D eigenvalue weighted by molar-refractivity contribution is 1.07. The molecule has 0 bridgehead atoms. The molecule has 0 aliphatic carbocycles. The van der Waals surface area contributed by atoms with Gasteiger partial charge in [0.1, 0.15) is 0 Å². The fourth-order valence-electron chi connectivity index (χ4n) is 8.94. The lowest BCUT2D eigenvalue weighted by Gasteiger charge is -2.26. The van der Waals surface area contributed by atoms with Crippen LogP contribution < -0.4 is 4.90 Å². The Morgan fingerprint density at radius 3 is 1.62 bits per heavy atom. The van der Waals surface area contributed by atoms with Gasteiger partial charge in [0.05, 0.1) is 22.6 Å². The molecule has 2 heterocycles. The van der Waals surface area contributed by atoms with Crippen LogP contribution in [0.15, 0.2) is 205 Å². The Balaban J connectivity index is 1.12. The summed E-state index contributed by atoms with van der Waals surface area (Å²) in [4.78, 5) is 12.0. The van der Waals surface area contributed by atoms with Crippen LogP contribution >= 0.6 is 0 Å². The van der Waals surface area contributed by atoms with Crippen LogP contribution in [0.25, 0.3) is 98.6 Å². The minimum Gasteiger partial charge on any atom is -0.341 e. The number of allylic oxidation sites excluding steroid dienone is 2. The topological polar surface area (TPSA) is 28.5 Å². The number of anilines is 1. The zero-order valence-electron chi connectivity index (χ0n) is 31.8. The average molecular weight is 740 g/mol. The van der Waals surface area contributed by atoms with E-state index in [0.29, 0.717) is 0 Å². The molecule has 1 aliphatic rings. The molecule has 0 amide bonds.